The number of hydrogen-bond acceptors (Lipinski definition) is 2. The Hall–Kier alpha value is -1.51. The zero-order chi connectivity index (χ0) is 14.6. The minimum atomic E-state index is -0.548. The molecule has 0 aliphatic rings. The van der Waals surface area contributed by atoms with Gasteiger partial charge in [-0.15, -0.1) is 0 Å². The Morgan fingerprint density at radius 1 is 1.00 bits per heavy atom. The Kier molecular flexibility index (Phi) is 4.69. The van der Waals surface area contributed by atoms with Gasteiger partial charge >= 0.3 is 0 Å². The van der Waals surface area contributed by atoms with Crippen LogP contribution in [0.5, 0.6) is 5.75 Å². The molecule has 0 aliphatic carbocycles. The summed E-state index contributed by atoms with van der Waals surface area (Å²) in [7, 11) is 0. The lowest BCUT2D eigenvalue weighted by Gasteiger charge is -2.26. The molecular formula is C17H20ClNO. The standard InChI is InChI=1S/C17H20ClNO/c1-3-12-20-16-10-6-14(7-11-16)17(2,19)13-4-8-15(18)9-5-13/h4-11H,3,12,19H2,1-2H3. The van der Waals surface area contributed by atoms with E-state index in [9.17, 15) is 0 Å². The quantitative estimate of drug-likeness (QED) is 0.888. The highest BCUT2D eigenvalue weighted by Gasteiger charge is 2.23. The molecular weight excluding hydrogens is 270 g/mol. The first-order valence-electron chi connectivity index (χ1n) is 6.82. The second-order valence-corrected chi connectivity index (χ2v) is 5.52. The molecule has 0 aliphatic heterocycles. The first-order chi connectivity index (χ1) is 9.54. The molecule has 2 aromatic rings. The minimum absolute atomic E-state index is 0.548. The van der Waals surface area contributed by atoms with Crippen molar-refractivity contribution in [2.45, 2.75) is 25.8 Å². The van der Waals surface area contributed by atoms with Crippen LogP contribution in [-0.4, -0.2) is 6.61 Å². The lowest BCUT2D eigenvalue weighted by molar-refractivity contribution is 0.317. The van der Waals surface area contributed by atoms with Crippen LogP contribution in [-0.2, 0) is 5.54 Å². The average molecular weight is 290 g/mol. The van der Waals surface area contributed by atoms with Crippen LogP contribution in [0.2, 0.25) is 5.02 Å². The van der Waals surface area contributed by atoms with Crippen molar-refractivity contribution in [1.29, 1.82) is 0 Å². The predicted octanol–water partition coefficient (Wildman–Crippen LogP) is 4.35. The van der Waals surface area contributed by atoms with E-state index in [2.05, 4.69) is 6.92 Å². The third kappa shape index (κ3) is 3.33. The maximum absolute atomic E-state index is 6.48. The van der Waals surface area contributed by atoms with Crippen molar-refractivity contribution in [2.75, 3.05) is 6.61 Å². The van der Waals surface area contributed by atoms with E-state index in [-0.39, 0.29) is 0 Å². The van der Waals surface area contributed by atoms with Crippen molar-refractivity contribution < 1.29 is 4.74 Å². The van der Waals surface area contributed by atoms with Gasteiger partial charge in [-0.2, -0.15) is 0 Å². The van der Waals surface area contributed by atoms with Gasteiger partial charge in [0.2, 0.25) is 0 Å². The summed E-state index contributed by atoms with van der Waals surface area (Å²) in [4.78, 5) is 0. The monoisotopic (exact) mass is 289 g/mol. The minimum Gasteiger partial charge on any atom is -0.494 e. The largest absolute Gasteiger partial charge is 0.494 e. The van der Waals surface area contributed by atoms with Crippen LogP contribution in [0.1, 0.15) is 31.4 Å². The van der Waals surface area contributed by atoms with Gasteiger partial charge in [0.25, 0.3) is 0 Å². The van der Waals surface area contributed by atoms with Gasteiger partial charge in [-0.05, 0) is 48.7 Å². The molecule has 0 radical (unpaired) electrons. The fraction of sp³-hybridized carbons (Fsp3) is 0.294. The summed E-state index contributed by atoms with van der Waals surface area (Å²) < 4.78 is 5.59. The SMILES string of the molecule is CCCOc1ccc(C(C)(N)c2ccc(Cl)cc2)cc1. The average Bonchev–Trinajstić information content (AvgIpc) is 2.46. The third-order valence-electron chi connectivity index (χ3n) is 3.37. The molecule has 106 valence electrons. The zero-order valence-corrected chi connectivity index (χ0v) is 12.7. The van der Waals surface area contributed by atoms with Crippen molar-refractivity contribution in [3.8, 4) is 5.75 Å². The molecule has 0 aromatic heterocycles. The van der Waals surface area contributed by atoms with E-state index in [0.29, 0.717) is 5.02 Å². The third-order valence-corrected chi connectivity index (χ3v) is 3.62. The van der Waals surface area contributed by atoms with Gasteiger partial charge in [-0.1, -0.05) is 42.8 Å². The van der Waals surface area contributed by atoms with Crippen LogP contribution in [0.25, 0.3) is 0 Å². The van der Waals surface area contributed by atoms with E-state index in [1.54, 1.807) is 0 Å². The summed E-state index contributed by atoms with van der Waals surface area (Å²) in [5.41, 5.74) is 8.00. The Balaban J connectivity index is 2.22. The Bertz CT molecular complexity index is 546. The molecule has 2 rings (SSSR count). The Morgan fingerprint density at radius 2 is 1.50 bits per heavy atom. The van der Waals surface area contributed by atoms with Gasteiger partial charge < -0.3 is 10.5 Å². The molecule has 2 nitrogen and oxygen atoms in total. The summed E-state index contributed by atoms with van der Waals surface area (Å²) in [5.74, 6) is 0.877. The molecule has 0 fully saturated rings. The van der Waals surface area contributed by atoms with Crippen molar-refractivity contribution in [2.24, 2.45) is 5.73 Å². The summed E-state index contributed by atoms with van der Waals surface area (Å²) in [5, 5.41) is 0.716. The number of hydrogen-bond donors (Lipinski definition) is 1. The molecule has 1 atom stereocenters. The molecule has 20 heavy (non-hydrogen) atoms. The molecule has 2 aromatic carbocycles. The van der Waals surface area contributed by atoms with E-state index in [0.717, 1.165) is 29.9 Å². The summed E-state index contributed by atoms with van der Waals surface area (Å²) >= 11 is 5.92. The number of rotatable bonds is 5. The highest BCUT2D eigenvalue weighted by Crippen LogP contribution is 2.28. The van der Waals surface area contributed by atoms with Gasteiger partial charge in [0.15, 0.2) is 0 Å². The van der Waals surface area contributed by atoms with Gasteiger partial charge in [-0.3, -0.25) is 0 Å². The van der Waals surface area contributed by atoms with E-state index in [1.165, 1.54) is 0 Å². The van der Waals surface area contributed by atoms with Crippen molar-refractivity contribution >= 4 is 11.6 Å². The maximum Gasteiger partial charge on any atom is 0.119 e. The van der Waals surface area contributed by atoms with Crippen LogP contribution in [0, 0.1) is 0 Å². The fourth-order valence-electron chi connectivity index (χ4n) is 2.08. The van der Waals surface area contributed by atoms with Gasteiger partial charge in [0.05, 0.1) is 12.1 Å². The van der Waals surface area contributed by atoms with Crippen molar-refractivity contribution in [1.82, 2.24) is 0 Å². The van der Waals surface area contributed by atoms with E-state index in [1.807, 2.05) is 55.5 Å². The fourth-order valence-corrected chi connectivity index (χ4v) is 2.21. The molecule has 0 heterocycles. The van der Waals surface area contributed by atoms with Crippen molar-refractivity contribution in [3.05, 3.63) is 64.7 Å². The maximum atomic E-state index is 6.48. The van der Waals surface area contributed by atoms with Gasteiger partial charge in [0.1, 0.15) is 5.75 Å². The topological polar surface area (TPSA) is 35.2 Å². The first kappa shape index (κ1) is 14.9. The van der Waals surface area contributed by atoms with Crippen LogP contribution < -0.4 is 10.5 Å². The molecule has 0 spiro atoms. The van der Waals surface area contributed by atoms with E-state index >= 15 is 0 Å². The molecule has 1 unspecified atom stereocenters. The molecule has 0 amide bonds. The predicted molar refractivity (Wildman–Crippen MR) is 84.3 cm³/mol. The zero-order valence-electron chi connectivity index (χ0n) is 11.9. The molecule has 0 saturated carbocycles. The Labute approximate surface area is 125 Å². The summed E-state index contributed by atoms with van der Waals surface area (Å²) in [6.45, 7) is 4.82. The summed E-state index contributed by atoms with van der Waals surface area (Å²) in [6, 6.07) is 15.6. The van der Waals surface area contributed by atoms with E-state index in [4.69, 9.17) is 22.1 Å². The lowest BCUT2D eigenvalue weighted by Crippen LogP contribution is -2.34. The highest BCUT2D eigenvalue weighted by atomic mass is 35.5. The molecule has 2 N–H and O–H groups in total. The van der Waals surface area contributed by atoms with Gasteiger partial charge in [0, 0.05) is 5.02 Å². The van der Waals surface area contributed by atoms with Crippen LogP contribution in [0.15, 0.2) is 48.5 Å². The second kappa shape index (κ2) is 6.29. The molecule has 3 heteroatoms. The smallest absolute Gasteiger partial charge is 0.119 e. The number of benzene rings is 2. The number of halogens is 1. The van der Waals surface area contributed by atoms with Crippen LogP contribution in [0.4, 0.5) is 0 Å². The summed E-state index contributed by atoms with van der Waals surface area (Å²) in [6.07, 6.45) is 1.00. The van der Waals surface area contributed by atoms with Crippen molar-refractivity contribution in [3.63, 3.8) is 0 Å². The highest BCUT2D eigenvalue weighted by molar-refractivity contribution is 6.30. The first-order valence-corrected chi connectivity index (χ1v) is 7.20. The molecule has 0 bridgehead atoms. The van der Waals surface area contributed by atoms with Gasteiger partial charge in [-0.25, -0.2) is 0 Å². The number of nitrogens with two attached hydrogens (primary N) is 1. The van der Waals surface area contributed by atoms with E-state index < -0.39 is 5.54 Å². The van der Waals surface area contributed by atoms with Crippen LogP contribution in [0.3, 0.4) is 0 Å². The van der Waals surface area contributed by atoms with Crippen LogP contribution >= 0.6 is 11.6 Å². The normalized spacial score (nSPS) is 13.8. The molecule has 0 saturated heterocycles. The Morgan fingerprint density at radius 3 is 2.00 bits per heavy atom. The lowest BCUT2D eigenvalue weighted by atomic mass is 9.86. The second-order valence-electron chi connectivity index (χ2n) is 5.08. The number of ether oxygens (including phenoxy) is 1.